The summed E-state index contributed by atoms with van der Waals surface area (Å²) in [5.74, 6) is 2.45. The largest absolute Gasteiger partial charge is 0.493 e. The van der Waals surface area contributed by atoms with Crippen molar-refractivity contribution in [2.75, 3.05) is 27.9 Å². The molecule has 1 amide bonds. The van der Waals surface area contributed by atoms with Crippen LogP contribution in [-0.4, -0.2) is 34.0 Å². The molecule has 2 aromatic carbocycles. The van der Waals surface area contributed by atoms with Crippen molar-refractivity contribution >= 4 is 6.09 Å². The number of hydrogen-bond donors (Lipinski definition) is 1. The number of hydrogen-bond acceptors (Lipinski definition) is 5. The van der Waals surface area contributed by atoms with E-state index in [1.807, 2.05) is 24.3 Å². The number of fused-ring (bicyclic) bond motifs is 3. The molecule has 0 spiro atoms. The fourth-order valence-corrected chi connectivity index (χ4v) is 3.76. The molecule has 0 aromatic heterocycles. The summed E-state index contributed by atoms with van der Waals surface area (Å²) in [4.78, 5) is 12.0. The van der Waals surface area contributed by atoms with Crippen molar-refractivity contribution in [2.24, 2.45) is 0 Å². The van der Waals surface area contributed by atoms with Crippen molar-refractivity contribution in [3.8, 4) is 34.1 Å². The predicted octanol–water partition coefficient (Wildman–Crippen LogP) is 4.76. The number of methoxy groups -OCH3 is 3. The van der Waals surface area contributed by atoms with Gasteiger partial charge in [0.15, 0.2) is 11.5 Å². The predicted molar refractivity (Wildman–Crippen MR) is 112 cm³/mol. The van der Waals surface area contributed by atoms with Crippen molar-refractivity contribution in [3.05, 3.63) is 35.4 Å². The lowest BCUT2D eigenvalue weighted by Crippen LogP contribution is -2.27. The summed E-state index contributed by atoms with van der Waals surface area (Å²) in [6.07, 6.45) is 4.29. The molecule has 1 aliphatic carbocycles. The second kappa shape index (κ2) is 9.54. The summed E-state index contributed by atoms with van der Waals surface area (Å²) in [5.41, 5.74) is 4.35. The molecule has 0 saturated carbocycles. The molecule has 2 aromatic rings. The van der Waals surface area contributed by atoms with Gasteiger partial charge in [0.1, 0.15) is 5.75 Å². The Balaban J connectivity index is 1.98. The zero-order valence-corrected chi connectivity index (χ0v) is 17.6. The van der Waals surface area contributed by atoms with Crippen LogP contribution in [0.1, 0.15) is 37.3 Å². The van der Waals surface area contributed by atoms with Crippen molar-refractivity contribution in [3.63, 3.8) is 0 Å². The number of ether oxygens (including phenoxy) is 4. The number of benzene rings is 2. The first-order chi connectivity index (χ1) is 14.1. The molecule has 0 aliphatic heterocycles. The number of rotatable bonds is 7. The lowest BCUT2D eigenvalue weighted by Gasteiger charge is -2.20. The number of carbonyl (C=O) groups excluding carboxylic acids is 1. The maximum Gasteiger partial charge on any atom is 0.412 e. The van der Waals surface area contributed by atoms with Crippen LogP contribution in [0.5, 0.6) is 23.0 Å². The SMILES string of the molecule is CCCCNC(=O)Oc1ccc2c(c1)CCCc1cc(OC)c(OC)c(OC)c1-2. The van der Waals surface area contributed by atoms with Gasteiger partial charge in [0.25, 0.3) is 0 Å². The smallest absolute Gasteiger partial charge is 0.412 e. The monoisotopic (exact) mass is 399 g/mol. The number of unbranched alkanes of at least 4 members (excludes halogenated alkanes) is 1. The van der Waals surface area contributed by atoms with Gasteiger partial charge in [-0.2, -0.15) is 0 Å². The van der Waals surface area contributed by atoms with Crippen LogP contribution in [0, 0.1) is 0 Å². The van der Waals surface area contributed by atoms with Crippen LogP contribution < -0.4 is 24.3 Å². The molecule has 0 heterocycles. The molecule has 29 heavy (non-hydrogen) atoms. The molecule has 0 unspecified atom stereocenters. The second-order valence-electron chi connectivity index (χ2n) is 7.02. The summed E-state index contributed by atoms with van der Waals surface area (Å²) < 4.78 is 22.3. The van der Waals surface area contributed by atoms with E-state index >= 15 is 0 Å². The molecule has 0 atom stereocenters. The number of aryl methyl sites for hydroxylation is 2. The van der Waals surface area contributed by atoms with E-state index in [1.165, 1.54) is 0 Å². The maximum atomic E-state index is 12.0. The Morgan fingerprint density at radius 2 is 1.76 bits per heavy atom. The van der Waals surface area contributed by atoms with Crippen molar-refractivity contribution in [2.45, 2.75) is 39.0 Å². The van der Waals surface area contributed by atoms with Gasteiger partial charge in [-0.3, -0.25) is 0 Å². The van der Waals surface area contributed by atoms with Gasteiger partial charge < -0.3 is 24.3 Å². The summed E-state index contributed by atoms with van der Waals surface area (Å²) in [7, 11) is 4.88. The van der Waals surface area contributed by atoms with Crippen molar-refractivity contribution < 1.29 is 23.7 Å². The third-order valence-corrected chi connectivity index (χ3v) is 5.16. The van der Waals surface area contributed by atoms with Crippen molar-refractivity contribution in [1.29, 1.82) is 0 Å². The molecular weight excluding hydrogens is 370 g/mol. The van der Waals surface area contributed by atoms with Crippen LogP contribution in [0.2, 0.25) is 0 Å². The molecule has 6 nitrogen and oxygen atoms in total. The molecule has 156 valence electrons. The van der Waals surface area contributed by atoms with Gasteiger partial charge >= 0.3 is 6.09 Å². The van der Waals surface area contributed by atoms with Gasteiger partial charge in [-0.25, -0.2) is 4.79 Å². The second-order valence-corrected chi connectivity index (χ2v) is 7.02. The molecule has 0 fully saturated rings. The van der Waals surface area contributed by atoms with E-state index in [4.69, 9.17) is 18.9 Å². The minimum absolute atomic E-state index is 0.420. The first kappa shape index (κ1) is 20.8. The van der Waals surface area contributed by atoms with Crippen LogP contribution in [0.3, 0.4) is 0 Å². The molecule has 3 rings (SSSR count). The normalized spacial score (nSPS) is 12.3. The molecule has 1 N–H and O–H groups in total. The summed E-state index contributed by atoms with van der Waals surface area (Å²) >= 11 is 0. The standard InChI is InChI=1S/C23H29NO5/c1-5-6-12-24-23(25)29-17-10-11-18-15(13-17)8-7-9-16-14-19(26-2)21(27-3)22(28-4)20(16)18/h10-11,13-14H,5-9,12H2,1-4H3,(H,24,25). The van der Waals surface area contributed by atoms with Crippen LogP contribution in [0.25, 0.3) is 11.1 Å². The maximum absolute atomic E-state index is 12.0. The molecule has 0 saturated heterocycles. The zero-order valence-electron chi connectivity index (χ0n) is 17.6. The van der Waals surface area contributed by atoms with Crippen LogP contribution >= 0.6 is 0 Å². The molecule has 1 aliphatic rings. The Morgan fingerprint density at radius 3 is 2.45 bits per heavy atom. The molecular formula is C23H29NO5. The van der Waals surface area contributed by atoms with Gasteiger partial charge in [0, 0.05) is 12.1 Å². The Labute approximate surface area is 172 Å². The summed E-state index contributed by atoms with van der Waals surface area (Å²) in [6.45, 7) is 2.70. The average molecular weight is 399 g/mol. The Bertz CT molecular complexity index is 878. The highest BCUT2D eigenvalue weighted by molar-refractivity contribution is 5.83. The van der Waals surface area contributed by atoms with E-state index in [9.17, 15) is 4.79 Å². The first-order valence-corrected chi connectivity index (χ1v) is 10.0. The van der Waals surface area contributed by atoms with E-state index in [2.05, 4.69) is 12.2 Å². The van der Waals surface area contributed by atoms with Crippen LogP contribution in [0.4, 0.5) is 4.79 Å². The Hall–Kier alpha value is -2.89. The van der Waals surface area contributed by atoms with Gasteiger partial charge in [-0.15, -0.1) is 0 Å². The third-order valence-electron chi connectivity index (χ3n) is 5.16. The van der Waals surface area contributed by atoms with E-state index in [-0.39, 0.29) is 0 Å². The van der Waals surface area contributed by atoms with Crippen LogP contribution in [-0.2, 0) is 12.8 Å². The third kappa shape index (κ3) is 4.42. The van der Waals surface area contributed by atoms with Crippen molar-refractivity contribution in [1.82, 2.24) is 5.32 Å². The molecule has 6 heteroatoms. The quantitative estimate of drug-likeness (QED) is 0.680. The summed E-state index contributed by atoms with van der Waals surface area (Å²) in [6, 6.07) is 7.78. The lowest BCUT2D eigenvalue weighted by molar-refractivity contribution is 0.200. The number of nitrogens with one attached hydrogen (secondary N) is 1. The van der Waals surface area contributed by atoms with Gasteiger partial charge in [0.05, 0.1) is 21.3 Å². The number of carbonyl (C=O) groups is 1. The van der Waals surface area contributed by atoms with Gasteiger partial charge in [0.2, 0.25) is 5.75 Å². The summed E-state index contributed by atoms with van der Waals surface area (Å²) in [5, 5.41) is 2.77. The average Bonchev–Trinajstić information content (AvgIpc) is 2.91. The molecule has 0 radical (unpaired) electrons. The Kier molecular flexibility index (Phi) is 6.86. The highest BCUT2D eigenvalue weighted by Crippen LogP contribution is 2.49. The lowest BCUT2D eigenvalue weighted by atomic mass is 9.94. The highest BCUT2D eigenvalue weighted by Gasteiger charge is 2.25. The zero-order chi connectivity index (χ0) is 20.8. The number of amides is 1. The topological polar surface area (TPSA) is 66.0 Å². The Morgan fingerprint density at radius 1 is 1.00 bits per heavy atom. The highest BCUT2D eigenvalue weighted by atomic mass is 16.6. The van der Waals surface area contributed by atoms with E-state index in [1.54, 1.807) is 21.3 Å². The van der Waals surface area contributed by atoms with Gasteiger partial charge in [-0.1, -0.05) is 19.4 Å². The first-order valence-electron chi connectivity index (χ1n) is 10.0. The minimum atomic E-state index is -0.420. The minimum Gasteiger partial charge on any atom is -0.493 e. The van der Waals surface area contributed by atoms with E-state index in [0.717, 1.165) is 54.4 Å². The fourth-order valence-electron chi connectivity index (χ4n) is 3.76. The van der Waals surface area contributed by atoms with E-state index in [0.29, 0.717) is 29.5 Å². The fraction of sp³-hybridized carbons (Fsp3) is 0.435. The van der Waals surface area contributed by atoms with Crippen LogP contribution in [0.15, 0.2) is 24.3 Å². The van der Waals surface area contributed by atoms with E-state index < -0.39 is 6.09 Å². The molecule has 0 bridgehead atoms. The van der Waals surface area contributed by atoms with Gasteiger partial charge in [-0.05, 0) is 60.6 Å².